The first-order chi connectivity index (χ1) is 4.50. The number of rotatable bonds is 4. The lowest BCUT2D eigenvalue weighted by Gasteiger charge is -2.02. The maximum atomic E-state index is 10.2. The van der Waals surface area contributed by atoms with Crippen LogP contribution in [0.2, 0.25) is 0 Å². The van der Waals surface area contributed by atoms with Crippen LogP contribution in [0.1, 0.15) is 14.2 Å². The molecule has 0 aromatic heterocycles. The zero-order chi connectivity index (χ0) is 8.20. The van der Waals surface area contributed by atoms with Crippen molar-refractivity contribution in [1.82, 2.24) is 0 Å². The van der Waals surface area contributed by atoms with Crippen LogP contribution < -0.4 is 11.5 Å². The highest BCUT2D eigenvalue weighted by Gasteiger charge is 2.08. The van der Waals surface area contributed by atoms with Crippen LogP contribution in [0.4, 0.5) is 0 Å². The first-order valence-corrected chi connectivity index (χ1v) is 2.73. The van der Waals surface area contributed by atoms with E-state index in [1.165, 1.54) is 0 Å². The summed E-state index contributed by atoms with van der Waals surface area (Å²) in [4.78, 5) is 10.2. The van der Waals surface area contributed by atoms with E-state index in [2.05, 4.69) is 0 Å². The molecular formula is C5H12N2O2. The van der Waals surface area contributed by atoms with Crippen LogP contribution in [0, 0.1) is 0 Å². The Kier molecular flexibility index (Phi) is 3.10. The van der Waals surface area contributed by atoms with Crippen molar-refractivity contribution < 1.29 is 11.3 Å². The van der Waals surface area contributed by atoms with Crippen molar-refractivity contribution in [3.8, 4) is 0 Å². The van der Waals surface area contributed by atoms with Gasteiger partial charge in [-0.1, -0.05) is 0 Å². The van der Waals surface area contributed by atoms with Gasteiger partial charge in [0, 0.05) is 0 Å². The third-order valence-corrected chi connectivity index (χ3v) is 0.925. The highest BCUT2D eigenvalue weighted by molar-refractivity contribution is 5.72. The molecule has 0 fully saturated rings. The highest BCUT2D eigenvalue weighted by Crippen LogP contribution is 1.91. The molecule has 9 heavy (non-hydrogen) atoms. The monoisotopic (exact) mass is 133 g/mol. The van der Waals surface area contributed by atoms with E-state index in [4.69, 9.17) is 17.9 Å². The number of carboxylic acids is 1. The van der Waals surface area contributed by atoms with Gasteiger partial charge in [-0.2, -0.15) is 0 Å². The van der Waals surface area contributed by atoms with Crippen molar-refractivity contribution in [2.24, 2.45) is 11.5 Å². The van der Waals surface area contributed by atoms with Gasteiger partial charge in [-0.05, 0) is 19.4 Å². The van der Waals surface area contributed by atoms with Gasteiger partial charge in [-0.3, -0.25) is 4.79 Å². The molecule has 0 saturated carbocycles. The minimum absolute atomic E-state index is 0.0961. The third-order valence-electron chi connectivity index (χ3n) is 0.925. The number of hydrogen-bond acceptors (Lipinski definition) is 3. The molecule has 0 aliphatic heterocycles. The Hall–Kier alpha value is -0.610. The van der Waals surface area contributed by atoms with E-state index in [-0.39, 0.29) is 6.42 Å². The summed E-state index contributed by atoms with van der Waals surface area (Å²) in [6.45, 7) is 0.366. The molecule has 0 saturated heterocycles. The van der Waals surface area contributed by atoms with Crippen molar-refractivity contribution in [3.63, 3.8) is 0 Å². The van der Waals surface area contributed by atoms with E-state index in [0.717, 1.165) is 0 Å². The fraction of sp³-hybridized carbons (Fsp3) is 0.800. The molecule has 0 spiro atoms. The van der Waals surface area contributed by atoms with Gasteiger partial charge in [-0.25, -0.2) is 0 Å². The van der Waals surface area contributed by atoms with Crippen LogP contribution in [0.5, 0.6) is 0 Å². The predicted octanol–water partition coefficient (Wildman–Crippen LogP) is -0.863. The number of hydrogen-bond donors (Lipinski definition) is 3. The van der Waals surface area contributed by atoms with E-state index in [0.29, 0.717) is 13.0 Å². The van der Waals surface area contributed by atoms with Crippen LogP contribution in [0.25, 0.3) is 0 Å². The Morgan fingerprint density at radius 3 is 2.78 bits per heavy atom. The fourth-order valence-electron chi connectivity index (χ4n) is 0.399. The quantitative estimate of drug-likeness (QED) is 0.465. The lowest BCUT2D eigenvalue weighted by Crippen LogP contribution is -2.30. The molecule has 4 nitrogen and oxygen atoms in total. The molecule has 0 aliphatic rings. The summed E-state index contributed by atoms with van der Waals surface area (Å²) in [5, 5.41) is 8.31. The molecule has 0 radical (unpaired) electrons. The lowest BCUT2D eigenvalue weighted by atomic mass is 10.2. The summed E-state index contributed by atoms with van der Waals surface area (Å²) in [6.07, 6.45) is 0.561. The minimum Gasteiger partial charge on any atom is -0.480 e. The van der Waals surface area contributed by atoms with E-state index in [1.807, 2.05) is 0 Å². The van der Waals surface area contributed by atoms with Gasteiger partial charge in [-0.15, -0.1) is 0 Å². The Labute approximate surface area is 55.2 Å². The van der Waals surface area contributed by atoms with E-state index < -0.39 is 12.0 Å². The van der Waals surface area contributed by atoms with Gasteiger partial charge >= 0.3 is 5.97 Å². The van der Waals surface area contributed by atoms with Crippen LogP contribution in [0.15, 0.2) is 0 Å². The normalized spacial score (nSPS) is 18.2. The maximum Gasteiger partial charge on any atom is 0.320 e. The first kappa shape index (κ1) is 6.51. The third kappa shape index (κ3) is 3.93. The Morgan fingerprint density at radius 2 is 2.44 bits per heavy atom. The molecular weight excluding hydrogens is 120 g/mol. The summed E-state index contributed by atoms with van der Waals surface area (Å²) < 4.78 is 7.01. The van der Waals surface area contributed by atoms with Crippen LogP contribution >= 0.6 is 0 Å². The van der Waals surface area contributed by atoms with Gasteiger partial charge in [0.15, 0.2) is 0 Å². The molecule has 0 aromatic carbocycles. The summed E-state index contributed by atoms with van der Waals surface area (Å²) in [5.74, 6) is -1.30. The Balaban J connectivity index is 3.75. The molecule has 0 rings (SSSR count). The molecule has 0 bridgehead atoms. The summed E-state index contributed by atoms with van der Waals surface area (Å²) in [7, 11) is 0. The Morgan fingerprint density at radius 1 is 1.89 bits per heavy atom. The van der Waals surface area contributed by atoms with Gasteiger partial charge in [0.25, 0.3) is 0 Å². The molecule has 0 amide bonds. The summed E-state index contributed by atoms with van der Waals surface area (Å²) in [5.41, 5.74) is 10.2. The number of carbonyl (C=O) groups is 1. The zero-order valence-electron chi connectivity index (χ0n) is 6.13. The average molecular weight is 133 g/mol. The molecule has 0 unspecified atom stereocenters. The second-order valence-corrected chi connectivity index (χ2v) is 1.72. The van der Waals surface area contributed by atoms with Crippen molar-refractivity contribution in [3.05, 3.63) is 0 Å². The largest absolute Gasteiger partial charge is 0.480 e. The van der Waals surface area contributed by atoms with Gasteiger partial charge in [0.2, 0.25) is 0 Å². The average Bonchev–Trinajstić information content (AvgIpc) is 1.84. The maximum absolute atomic E-state index is 10.2. The smallest absolute Gasteiger partial charge is 0.320 e. The topological polar surface area (TPSA) is 89.3 Å². The lowest BCUT2D eigenvalue weighted by molar-refractivity contribution is -0.138. The SMILES string of the molecule is [2H][C@@](N)(CCCN)C(=O)O. The van der Waals surface area contributed by atoms with Crippen LogP contribution in [-0.2, 0) is 4.79 Å². The van der Waals surface area contributed by atoms with Crippen LogP contribution in [0.3, 0.4) is 0 Å². The highest BCUT2D eigenvalue weighted by atomic mass is 16.4. The van der Waals surface area contributed by atoms with Crippen molar-refractivity contribution >= 4 is 5.97 Å². The first-order valence-electron chi connectivity index (χ1n) is 3.23. The van der Waals surface area contributed by atoms with Crippen molar-refractivity contribution in [2.45, 2.75) is 18.9 Å². The minimum atomic E-state index is -1.86. The summed E-state index contributed by atoms with van der Waals surface area (Å²) in [6, 6.07) is -1.86. The molecule has 0 aliphatic carbocycles. The van der Waals surface area contributed by atoms with Crippen LogP contribution in [-0.4, -0.2) is 23.6 Å². The van der Waals surface area contributed by atoms with Crippen molar-refractivity contribution in [1.29, 1.82) is 0 Å². The predicted molar refractivity (Wildman–Crippen MR) is 33.9 cm³/mol. The van der Waals surface area contributed by atoms with Gasteiger partial charge < -0.3 is 16.6 Å². The van der Waals surface area contributed by atoms with E-state index in [1.54, 1.807) is 0 Å². The molecule has 0 aromatic rings. The molecule has 4 heteroatoms. The van der Waals surface area contributed by atoms with E-state index >= 15 is 0 Å². The standard InChI is InChI=1S/C5H12N2O2/c6-3-1-2-4(7)5(8)9/h4H,1-3,6-7H2,(H,8,9)/t4-/m1/s1/i4D. The van der Waals surface area contributed by atoms with E-state index in [9.17, 15) is 4.79 Å². The molecule has 0 heterocycles. The Bertz CT molecular complexity index is 127. The molecule has 54 valence electrons. The fourth-order valence-corrected chi connectivity index (χ4v) is 0.399. The van der Waals surface area contributed by atoms with Crippen molar-refractivity contribution in [2.75, 3.05) is 6.54 Å². The summed E-state index contributed by atoms with van der Waals surface area (Å²) >= 11 is 0. The molecule has 1 atom stereocenters. The second kappa shape index (κ2) is 4.29. The molecule has 5 N–H and O–H groups in total. The zero-order valence-corrected chi connectivity index (χ0v) is 5.13. The second-order valence-electron chi connectivity index (χ2n) is 1.72. The number of nitrogens with two attached hydrogens (primary N) is 2. The van der Waals surface area contributed by atoms with Gasteiger partial charge in [0.05, 0.1) is 1.37 Å². The number of carboxylic acid groups (broad SMARTS) is 1. The number of aliphatic carboxylic acids is 1. The van der Waals surface area contributed by atoms with Gasteiger partial charge in [0.1, 0.15) is 6.02 Å².